The monoisotopic (exact) mass is 238 g/mol. The molecular weight excluding hydrogens is 212 g/mol. The Hall–Kier alpha value is -0.500. The van der Waals surface area contributed by atoms with Crippen LogP contribution in [0, 0.1) is 11.3 Å². The molecule has 1 unspecified atom stereocenters. The van der Waals surface area contributed by atoms with Gasteiger partial charge in [-0.15, -0.1) is 0 Å². The zero-order valence-electron chi connectivity index (χ0n) is 11.2. The van der Waals surface area contributed by atoms with E-state index in [1.807, 2.05) is 0 Å². The van der Waals surface area contributed by atoms with Gasteiger partial charge in [0, 0.05) is 6.61 Å². The van der Waals surface area contributed by atoms with Crippen LogP contribution in [0.15, 0.2) is 11.8 Å². The van der Waals surface area contributed by atoms with E-state index in [1.165, 1.54) is 43.9 Å². The van der Waals surface area contributed by atoms with Gasteiger partial charge < -0.3 is 9.84 Å². The molecule has 3 atom stereocenters. The van der Waals surface area contributed by atoms with Gasteiger partial charge in [0.25, 0.3) is 0 Å². The van der Waals surface area contributed by atoms with E-state index in [4.69, 9.17) is 4.74 Å². The van der Waals surface area contributed by atoms with Crippen LogP contribution in [-0.4, -0.2) is 17.8 Å². The van der Waals surface area contributed by atoms with Crippen molar-refractivity contribution in [1.29, 1.82) is 0 Å². The van der Waals surface area contributed by atoms with Crippen molar-refractivity contribution in [3.63, 3.8) is 0 Å². The third-order valence-corrected chi connectivity index (χ3v) is 4.82. The van der Waals surface area contributed by atoms with E-state index in [-0.39, 0.29) is 0 Å². The smallest absolute Gasteiger partial charge is 0.0783 e. The second kappa shape index (κ2) is 5.43. The molecule has 0 heterocycles. The minimum absolute atomic E-state index is 0.405. The van der Waals surface area contributed by atoms with Gasteiger partial charge in [-0.1, -0.05) is 0 Å². The predicted molar refractivity (Wildman–Crippen MR) is 70.0 cm³/mol. The van der Waals surface area contributed by atoms with Gasteiger partial charge in [-0.25, -0.2) is 0 Å². The van der Waals surface area contributed by atoms with Gasteiger partial charge in [-0.05, 0) is 75.7 Å². The van der Waals surface area contributed by atoms with Crippen molar-refractivity contribution < 1.29 is 9.84 Å². The fourth-order valence-electron chi connectivity index (χ4n) is 3.90. The van der Waals surface area contributed by atoms with Gasteiger partial charge in [-0.3, -0.25) is 0 Å². The SMILES string of the molecule is CCOC(C)[C@@H]1CC[C@@]2(CCC/C(=C\O)C2)C1. The second-order valence-corrected chi connectivity index (χ2v) is 5.98. The molecule has 2 aliphatic rings. The Balaban J connectivity index is 1.95. The number of hydrogen-bond acceptors (Lipinski definition) is 2. The number of ether oxygens (including phenoxy) is 1. The van der Waals surface area contributed by atoms with Crippen LogP contribution in [0.3, 0.4) is 0 Å². The van der Waals surface area contributed by atoms with Crippen molar-refractivity contribution in [2.75, 3.05) is 6.61 Å². The maximum absolute atomic E-state index is 9.21. The molecule has 0 aliphatic heterocycles. The third kappa shape index (κ3) is 2.85. The van der Waals surface area contributed by atoms with Gasteiger partial charge in [0.05, 0.1) is 12.4 Å². The average molecular weight is 238 g/mol. The van der Waals surface area contributed by atoms with Crippen LogP contribution < -0.4 is 0 Å². The first-order valence-electron chi connectivity index (χ1n) is 7.13. The van der Waals surface area contributed by atoms with Crippen molar-refractivity contribution in [3.8, 4) is 0 Å². The highest BCUT2D eigenvalue weighted by Gasteiger charge is 2.42. The van der Waals surface area contributed by atoms with E-state index in [9.17, 15) is 5.11 Å². The molecule has 0 aromatic carbocycles. The molecule has 1 spiro atoms. The quantitative estimate of drug-likeness (QED) is 0.746. The summed E-state index contributed by atoms with van der Waals surface area (Å²) in [5, 5.41) is 9.21. The van der Waals surface area contributed by atoms with Crippen LogP contribution in [0.25, 0.3) is 0 Å². The number of hydrogen-bond donors (Lipinski definition) is 1. The first-order chi connectivity index (χ1) is 8.19. The summed E-state index contributed by atoms with van der Waals surface area (Å²) in [6, 6.07) is 0. The van der Waals surface area contributed by atoms with Crippen molar-refractivity contribution in [3.05, 3.63) is 11.8 Å². The van der Waals surface area contributed by atoms with Gasteiger partial charge in [-0.2, -0.15) is 0 Å². The van der Waals surface area contributed by atoms with Gasteiger partial charge >= 0.3 is 0 Å². The third-order valence-electron chi connectivity index (χ3n) is 4.82. The highest BCUT2D eigenvalue weighted by molar-refractivity contribution is 5.09. The fourth-order valence-corrected chi connectivity index (χ4v) is 3.90. The van der Waals surface area contributed by atoms with E-state index in [1.54, 1.807) is 0 Å². The van der Waals surface area contributed by atoms with Crippen LogP contribution in [0.5, 0.6) is 0 Å². The highest BCUT2D eigenvalue weighted by Crippen LogP contribution is 2.53. The molecule has 0 aromatic heterocycles. The average Bonchev–Trinajstić information content (AvgIpc) is 2.73. The summed E-state index contributed by atoms with van der Waals surface area (Å²) < 4.78 is 5.75. The predicted octanol–water partition coefficient (Wildman–Crippen LogP) is 4.21. The van der Waals surface area contributed by atoms with Crippen LogP contribution in [0.2, 0.25) is 0 Å². The zero-order chi connectivity index (χ0) is 12.3. The second-order valence-electron chi connectivity index (χ2n) is 5.98. The molecule has 2 fully saturated rings. The molecule has 0 amide bonds. The lowest BCUT2D eigenvalue weighted by Crippen LogP contribution is -2.25. The summed E-state index contributed by atoms with van der Waals surface area (Å²) in [7, 11) is 0. The molecule has 98 valence electrons. The minimum atomic E-state index is 0.405. The molecule has 2 rings (SSSR count). The molecule has 0 aromatic rings. The molecule has 2 heteroatoms. The van der Waals surface area contributed by atoms with E-state index in [0.29, 0.717) is 11.5 Å². The number of aliphatic hydroxyl groups is 1. The summed E-state index contributed by atoms with van der Waals surface area (Å²) in [6.07, 6.45) is 10.5. The molecule has 2 aliphatic carbocycles. The highest BCUT2D eigenvalue weighted by atomic mass is 16.5. The molecule has 0 saturated heterocycles. The Morgan fingerprint density at radius 2 is 2.35 bits per heavy atom. The molecule has 2 saturated carbocycles. The largest absolute Gasteiger partial charge is 0.516 e. The van der Waals surface area contributed by atoms with Crippen molar-refractivity contribution in [2.45, 2.75) is 64.9 Å². The Kier molecular flexibility index (Phi) is 4.13. The summed E-state index contributed by atoms with van der Waals surface area (Å²) in [5.74, 6) is 0.730. The minimum Gasteiger partial charge on any atom is -0.516 e. The topological polar surface area (TPSA) is 29.5 Å². The molecule has 1 N–H and O–H groups in total. The van der Waals surface area contributed by atoms with Crippen LogP contribution in [-0.2, 0) is 4.74 Å². The lowest BCUT2D eigenvalue weighted by atomic mass is 9.70. The standard InChI is InChI=1S/C15H26O2/c1-3-17-12(2)14-6-8-15(10-14)7-4-5-13(9-15)11-16/h11-12,14,16H,3-10H2,1-2H3/b13-11+/t12?,14-,15-/m1/s1. The Labute approximate surface area is 105 Å². The Bertz CT molecular complexity index is 285. The molecule has 0 bridgehead atoms. The van der Waals surface area contributed by atoms with E-state index in [0.717, 1.165) is 25.4 Å². The fraction of sp³-hybridized carbons (Fsp3) is 0.867. The summed E-state index contributed by atoms with van der Waals surface area (Å²) in [6.45, 7) is 5.12. The van der Waals surface area contributed by atoms with Crippen LogP contribution >= 0.6 is 0 Å². The number of allylic oxidation sites excluding steroid dienone is 1. The van der Waals surface area contributed by atoms with Gasteiger partial charge in [0.1, 0.15) is 0 Å². The van der Waals surface area contributed by atoms with Gasteiger partial charge in [0.2, 0.25) is 0 Å². The first kappa shape index (κ1) is 12.9. The number of rotatable bonds is 3. The van der Waals surface area contributed by atoms with E-state index in [2.05, 4.69) is 13.8 Å². The summed E-state index contributed by atoms with van der Waals surface area (Å²) in [5.41, 5.74) is 1.75. The van der Waals surface area contributed by atoms with Crippen molar-refractivity contribution in [2.24, 2.45) is 11.3 Å². The summed E-state index contributed by atoms with van der Waals surface area (Å²) in [4.78, 5) is 0. The lowest BCUT2D eigenvalue weighted by molar-refractivity contribution is 0.0296. The number of aliphatic hydroxyl groups excluding tert-OH is 1. The molecule has 0 radical (unpaired) electrons. The molecule has 17 heavy (non-hydrogen) atoms. The van der Waals surface area contributed by atoms with Crippen molar-refractivity contribution in [1.82, 2.24) is 0 Å². The summed E-state index contributed by atoms with van der Waals surface area (Å²) >= 11 is 0. The Morgan fingerprint density at radius 1 is 1.53 bits per heavy atom. The molecular formula is C15H26O2. The van der Waals surface area contributed by atoms with E-state index < -0.39 is 0 Å². The lowest BCUT2D eigenvalue weighted by Gasteiger charge is -2.35. The van der Waals surface area contributed by atoms with Crippen molar-refractivity contribution >= 4 is 0 Å². The van der Waals surface area contributed by atoms with Crippen LogP contribution in [0.1, 0.15) is 58.8 Å². The van der Waals surface area contributed by atoms with E-state index >= 15 is 0 Å². The zero-order valence-corrected chi connectivity index (χ0v) is 11.2. The normalized spacial score (nSPS) is 37.8. The van der Waals surface area contributed by atoms with Crippen LogP contribution in [0.4, 0.5) is 0 Å². The maximum Gasteiger partial charge on any atom is 0.0783 e. The maximum atomic E-state index is 9.21. The first-order valence-corrected chi connectivity index (χ1v) is 7.13. The molecule has 2 nitrogen and oxygen atoms in total. The Morgan fingerprint density at radius 3 is 3.06 bits per heavy atom. The van der Waals surface area contributed by atoms with Gasteiger partial charge in [0.15, 0.2) is 0 Å².